The van der Waals surface area contributed by atoms with E-state index in [-0.39, 0.29) is 12.5 Å². The normalized spacial score (nSPS) is 12.8. The second kappa shape index (κ2) is 12.9. The minimum absolute atomic E-state index is 0.00492. The van der Waals surface area contributed by atoms with Gasteiger partial charge in [0.2, 0.25) is 5.91 Å². The molecule has 0 saturated heterocycles. The van der Waals surface area contributed by atoms with Gasteiger partial charge in [0.15, 0.2) is 0 Å². The lowest BCUT2D eigenvalue weighted by Gasteiger charge is -2.37. The van der Waals surface area contributed by atoms with E-state index in [9.17, 15) is 19.5 Å². The zero-order valence-electron chi connectivity index (χ0n) is 24.4. The topological polar surface area (TPSA) is 108 Å². The van der Waals surface area contributed by atoms with E-state index in [4.69, 9.17) is 4.74 Å². The van der Waals surface area contributed by atoms with Gasteiger partial charge < -0.3 is 25.3 Å². The van der Waals surface area contributed by atoms with Crippen LogP contribution in [-0.2, 0) is 19.9 Å². The largest absolute Gasteiger partial charge is 0.548 e. The van der Waals surface area contributed by atoms with Crippen LogP contribution in [0.2, 0.25) is 0 Å². The summed E-state index contributed by atoms with van der Waals surface area (Å²) < 4.78 is 5.54. The van der Waals surface area contributed by atoms with Crippen molar-refractivity contribution in [2.24, 2.45) is 0 Å². The number of rotatable bonds is 10. The molecular weight excluding hydrogens is 564 g/mol. The van der Waals surface area contributed by atoms with Gasteiger partial charge in [-0.3, -0.25) is 4.79 Å². The molecule has 2 N–H and O–H groups in total. The fraction of sp³-hybridized carbons (Fsp3) is 0.132. The monoisotopic (exact) mass is 595 g/mol. The van der Waals surface area contributed by atoms with E-state index in [1.165, 1.54) is 0 Å². The Labute approximate surface area is 261 Å². The maximum atomic E-state index is 13.7. The first-order valence-electron chi connectivity index (χ1n) is 14.8. The number of alkyl carbamates (subject to hydrolysis) is 1. The van der Waals surface area contributed by atoms with Crippen LogP contribution in [0.1, 0.15) is 40.2 Å². The molecule has 5 aromatic rings. The van der Waals surface area contributed by atoms with Crippen LogP contribution in [0.15, 0.2) is 140 Å². The SMILES string of the molecule is O=C(C[C@H](NC(=O)OCC1c2ccccc2-c2ccccc21)C(=O)[O-])NC(c1ccccc1)(c1ccccc1)c1ccccc1. The lowest BCUT2D eigenvalue weighted by atomic mass is 9.77. The van der Waals surface area contributed by atoms with E-state index in [0.29, 0.717) is 0 Å². The lowest BCUT2D eigenvalue weighted by molar-refractivity contribution is -0.308. The number of carbonyl (C=O) groups is 3. The first-order valence-corrected chi connectivity index (χ1v) is 14.8. The summed E-state index contributed by atoms with van der Waals surface area (Å²) in [6, 6.07) is 42.6. The number of aliphatic carboxylic acids is 1. The number of carbonyl (C=O) groups excluding carboxylic acids is 3. The predicted octanol–water partition coefficient (Wildman–Crippen LogP) is 5.14. The number of hydrogen-bond acceptors (Lipinski definition) is 5. The van der Waals surface area contributed by atoms with E-state index in [1.807, 2.05) is 140 Å². The Morgan fingerprint density at radius 1 is 0.644 bits per heavy atom. The molecule has 0 aliphatic heterocycles. The van der Waals surface area contributed by atoms with Gasteiger partial charge in [-0.05, 0) is 38.9 Å². The Morgan fingerprint density at radius 3 is 1.51 bits per heavy atom. The van der Waals surface area contributed by atoms with Gasteiger partial charge >= 0.3 is 6.09 Å². The Hall–Kier alpha value is -5.69. The average molecular weight is 596 g/mol. The van der Waals surface area contributed by atoms with Gasteiger partial charge in [-0.25, -0.2) is 4.79 Å². The summed E-state index contributed by atoms with van der Waals surface area (Å²) in [7, 11) is 0. The van der Waals surface area contributed by atoms with Gasteiger partial charge in [-0.15, -0.1) is 0 Å². The number of carboxylic acid groups (broad SMARTS) is 1. The molecule has 0 fully saturated rings. The summed E-state index contributed by atoms with van der Waals surface area (Å²) in [6.07, 6.45) is -1.51. The molecule has 1 aliphatic rings. The minimum Gasteiger partial charge on any atom is -0.548 e. The number of amides is 2. The highest BCUT2D eigenvalue weighted by Crippen LogP contribution is 2.44. The molecule has 224 valence electrons. The molecule has 0 unspecified atom stereocenters. The standard InChI is InChI=1S/C38H32N2O5/c41-35(40-38(26-14-4-1-5-15-26,27-16-6-2-7-17-27)28-18-8-3-9-19-28)24-34(36(42)43)39-37(44)45-25-33-31-22-12-10-20-29(31)30-21-11-13-23-32(30)33/h1-23,33-34H,24-25H2,(H,39,44)(H,40,41)(H,42,43)/p-1/t34-/m0/s1. The van der Waals surface area contributed by atoms with Gasteiger partial charge in [0.1, 0.15) is 12.1 Å². The molecule has 7 heteroatoms. The number of nitrogens with one attached hydrogen (secondary N) is 2. The van der Waals surface area contributed by atoms with Gasteiger partial charge in [-0.1, -0.05) is 140 Å². The summed E-state index contributed by atoms with van der Waals surface area (Å²) in [5.41, 5.74) is 5.42. The summed E-state index contributed by atoms with van der Waals surface area (Å²) >= 11 is 0. The van der Waals surface area contributed by atoms with Crippen molar-refractivity contribution < 1.29 is 24.2 Å². The van der Waals surface area contributed by atoms with E-state index in [2.05, 4.69) is 10.6 Å². The van der Waals surface area contributed by atoms with Crippen molar-refractivity contribution in [1.29, 1.82) is 0 Å². The predicted molar refractivity (Wildman–Crippen MR) is 169 cm³/mol. The quantitative estimate of drug-likeness (QED) is 0.218. The fourth-order valence-corrected chi connectivity index (χ4v) is 6.20. The van der Waals surface area contributed by atoms with Crippen LogP contribution < -0.4 is 15.7 Å². The minimum atomic E-state index is -1.62. The second-order valence-electron chi connectivity index (χ2n) is 10.9. The smallest absolute Gasteiger partial charge is 0.407 e. The summed E-state index contributed by atoms with van der Waals surface area (Å²) in [6.45, 7) is 0.00492. The molecule has 0 aromatic heterocycles. The Balaban J connectivity index is 1.21. The van der Waals surface area contributed by atoms with Crippen LogP contribution in [0.5, 0.6) is 0 Å². The molecule has 6 rings (SSSR count). The number of benzene rings is 5. The van der Waals surface area contributed by atoms with Crippen molar-refractivity contribution in [3.05, 3.63) is 167 Å². The molecule has 0 spiro atoms. The molecule has 0 heterocycles. The van der Waals surface area contributed by atoms with Crippen molar-refractivity contribution in [1.82, 2.24) is 10.6 Å². The zero-order chi connectivity index (χ0) is 31.2. The number of ether oxygens (including phenoxy) is 1. The summed E-state index contributed by atoms with van der Waals surface area (Å²) in [5.74, 6) is -2.39. The van der Waals surface area contributed by atoms with E-state index >= 15 is 0 Å². The average Bonchev–Trinajstić information content (AvgIpc) is 3.40. The molecular formula is C38H31N2O5-. The molecule has 7 nitrogen and oxygen atoms in total. The zero-order valence-corrected chi connectivity index (χ0v) is 24.4. The van der Waals surface area contributed by atoms with Crippen LogP contribution in [-0.4, -0.2) is 30.6 Å². The van der Waals surface area contributed by atoms with E-state index in [0.717, 1.165) is 38.9 Å². The van der Waals surface area contributed by atoms with E-state index in [1.54, 1.807) is 0 Å². The van der Waals surface area contributed by atoms with Gasteiger partial charge in [-0.2, -0.15) is 0 Å². The second-order valence-corrected chi connectivity index (χ2v) is 10.9. The van der Waals surface area contributed by atoms with E-state index < -0.39 is 36.0 Å². The molecule has 5 aromatic carbocycles. The third kappa shape index (κ3) is 5.93. The summed E-state index contributed by atoms with van der Waals surface area (Å²) in [4.78, 5) is 38.8. The van der Waals surface area contributed by atoms with Crippen molar-refractivity contribution in [3.8, 4) is 11.1 Å². The van der Waals surface area contributed by atoms with Crippen LogP contribution in [0.25, 0.3) is 11.1 Å². The third-order valence-corrected chi connectivity index (χ3v) is 8.26. The van der Waals surface area contributed by atoms with Crippen molar-refractivity contribution in [2.75, 3.05) is 6.61 Å². The molecule has 0 bridgehead atoms. The van der Waals surface area contributed by atoms with Crippen LogP contribution in [0, 0.1) is 0 Å². The molecule has 1 aliphatic carbocycles. The van der Waals surface area contributed by atoms with Crippen LogP contribution in [0.4, 0.5) is 4.79 Å². The highest BCUT2D eigenvalue weighted by molar-refractivity contribution is 5.87. The summed E-state index contributed by atoms with van der Waals surface area (Å²) in [5, 5.41) is 17.6. The van der Waals surface area contributed by atoms with Gasteiger partial charge in [0.25, 0.3) is 0 Å². The number of carboxylic acids is 1. The molecule has 1 atom stereocenters. The molecule has 0 radical (unpaired) electrons. The number of fused-ring (bicyclic) bond motifs is 3. The lowest BCUT2D eigenvalue weighted by Crippen LogP contribution is -2.53. The maximum absolute atomic E-state index is 13.7. The molecule has 45 heavy (non-hydrogen) atoms. The Bertz CT molecular complexity index is 1670. The highest BCUT2D eigenvalue weighted by atomic mass is 16.5. The van der Waals surface area contributed by atoms with Gasteiger partial charge in [0.05, 0.1) is 18.4 Å². The van der Waals surface area contributed by atoms with Crippen molar-refractivity contribution >= 4 is 18.0 Å². The Morgan fingerprint density at radius 2 is 1.07 bits per heavy atom. The van der Waals surface area contributed by atoms with Crippen LogP contribution >= 0.6 is 0 Å². The maximum Gasteiger partial charge on any atom is 0.407 e. The molecule has 0 saturated carbocycles. The van der Waals surface area contributed by atoms with Crippen LogP contribution in [0.3, 0.4) is 0 Å². The molecule has 2 amide bonds. The fourth-order valence-electron chi connectivity index (χ4n) is 6.20. The first-order chi connectivity index (χ1) is 22.0. The third-order valence-electron chi connectivity index (χ3n) is 8.26. The van der Waals surface area contributed by atoms with Gasteiger partial charge in [0, 0.05) is 5.92 Å². The highest BCUT2D eigenvalue weighted by Gasteiger charge is 2.38. The van der Waals surface area contributed by atoms with Crippen molar-refractivity contribution in [3.63, 3.8) is 0 Å². The Kier molecular flexibility index (Phi) is 8.42. The first kappa shape index (κ1) is 29.4. The van der Waals surface area contributed by atoms with Crippen molar-refractivity contribution in [2.45, 2.75) is 23.9 Å². The number of hydrogen-bond donors (Lipinski definition) is 2.